The molecule has 0 N–H and O–H groups in total. The second-order valence-corrected chi connectivity index (χ2v) is 14.6. The molecule has 3 heterocycles. The van der Waals surface area contributed by atoms with E-state index in [-0.39, 0.29) is 0 Å². The van der Waals surface area contributed by atoms with Gasteiger partial charge in [0.05, 0.1) is 11.0 Å². The van der Waals surface area contributed by atoms with E-state index in [2.05, 4.69) is 156 Å². The predicted molar refractivity (Wildman–Crippen MR) is 207 cm³/mol. The summed E-state index contributed by atoms with van der Waals surface area (Å²) >= 11 is 3.78. The van der Waals surface area contributed by atoms with Crippen molar-refractivity contribution in [3.63, 3.8) is 0 Å². The maximum Gasteiger partial charge on any atom is 0.0547 e. The zero-order valence-electron chi connectivity index (χ0n) is 25.2. The minimum absolute atomic E-state index is 1.18. The van der Waals surface area contributed by atoms with Crippen molar-refractivity contribution in [2.45, 2.75) is 0 Å². The van der Waals surface area contributed by atoms with Gasteiger partial charge in [-0.25, -0.2) is 0 Å². The summed E-state index contributed by atoms with van der Waals surface area (Å²) in [5, 5.41) is 13.3. The minimum atomic E-state index is 1.18. The van der Waals surface area contributed by atoms with Gasteiger partial charge >= 0.3 is 0 Å². The molecule has 0 fully saturated rings. The topological polar surface area (TPSA) is 4.93 Å². The van der Waals surface area contributed by atoms with Crippen LogP contribution >= 0.6 is 22.7 Å². The molecule has 0 saturated heterocycles. The first kappa shape index (κ1) is 25.7. The number of nitrogens with zero attached hydrogens (tertiary/aromatic N) is 1. The van der Waals surface area contributed by atoms with Crippen molar-refractivity contribution < 1.29 is 0 Å². The zero-order chi connectivity index (χ0) is 30.6. The van der Waals surface area contributed by atoms with E-state index in [4.69, 9.17) is 0 Å². The summed E-state index contributed by atoms with van der Waals surface area (Å²) in [5.41, 5.74) is 6.18. The van der Waals surface area contributed by atoms with Crippen molar-refractivity contribution >= 4 is 106 Å². The van der Waals surface area contributed by atoms with Crippen LogP contribution in [0.25, 0.3) is 101 Å². The third-order valence-electron chi connectivity index (χ3n) is 9.99. The maximum atomic E-state index is 2.44. The molecule has 0 aliphatic rings. The molecule has 11 aromatic rings. The fraction of sp³-hybridized carbons (Fsp3) is 0. The number of thiophene rings is 2. The summed E-state index contributed by atoms with van der Waals surface area (Å²) in [5.74, 6) is 0. The fourth-order valence-electron chi connectivity index (χ4n) is 7.96. The summed E-state index contributed by atoms with van der Waals surface area (Å²) in [6.45, 7) is 0. The highest BCUT2D eigenvalue weighted by Crippen LogP contribution is 2.45. The molecular formula is C44H25NS2. The number of fused-ring (bicyclic) bond motifs is 14. The van der Waals surface area contributed by atoms with Crippen LogP contribution in [0.2, 0.25) is 0 Å². The van der Waals surface area contributed by atoms with Gasteiger partial charge in [0.15, 0.2) is 0 Å². The highest BCUT2D eigenvalue weighted by molar-refractivity contribution is 7.26. The molecule has 0 amide bonds. The van der Waals surface area contributed by atoms with E-state index in [0.29, 0.717) is 0 Å². The molecular weight excluding hydrogens is 607 g/mol. The molecule has 0 aliphatic heterocycles. The maximum absolute atomic E-state index is 2.44. The Morgan fingerprint density at radius 1 is 0.362 bits per heavy atom. The Balaban J connectivity index is 1.15. The third kappa shape index (κ3) is 3.53. The number of para-hydroxylation sites is 1. The summed E-state index contributed by atoms with van der Waals surface area (Å²) in [6.07, 6.45) is 0. The Bertz CT molecular complexity index is 3060. The van der Waals surface area contributed by atoms with Gasteiger partial charge in [0, 0.05) is 56.8 Å². The van der Waals surface area contributed by atoms with Gasteiger partial charge in [-0.15, -0.1) is 22.7 Å². The summed E-state index contributed by atoms with van der Waals surface area (Å²) in [6, 6.07) is 56.3. The second-order valence-electron chi connectivity index (χ2n) is 12.4. The molecule has 0 bridgehead atoms. The van der Waals surface area contributed by atoms with E-state index in [1.54, 1.807) is 0 Å². The lowest BCUT2D eigenvalue weighted by Crippen LogP contribution is -1.93. The van der Waals surface area contributed by atoms with Gasteiger partial charge in [-0.05, 0) is 75.1 Å². The predicted octanol–water partition coefficient (Wildman–Crippen LogP) is 13.5. The van der Waals surface area contributed by atoms with E-state index in [0.717, 1.165) is 0 Å². The molecule has 0 aliphatic carbocycles. The number of benzene rings is 8. The average molecular weight is 632 g/mol. The molecule has 0 spiro atoms. The van der Waals surface area contributed by atoms with E-state index in [9.17, 15) is 0 Å². The standard InChI is InChI=1S/C44H25NS2/c1-4-13-36-34(9-1)42-32-22-18-27-19-25-40-43(35-10-3-6-15-39(35)46-40)41(27)31(32)23-24-37(42)45(36)28-20-16-26(17-21-28)29-11-7-12-33-30-8-2-5-14-38(30)47-44(29)33/h1-25H. The Labute approximate surface area is 278 Å². The van der Waals surface area contributed by atoms with Crippen molar-refractivity contribution in [3.8, 4) is 16.8 Å². The highest BCUT2D eigenvalue weighted by Gasteiger charge is 2.18. The van der Waals surface area contributed by atoms with Gasteiger partial charge in [0.2, 0.25) is 0 Å². The molecule has 0 unspecified atom stereocenters. The number of aromatic nitrogens is 1. The Morgan fingerprint density at radius 2 is 1.04 bits per heavy atom. The van der Waals surface area contributed by atoms with Crippen LogP contribution in [0.15, 0.2) is 152 Å². The SMILES string of the molecule is c1ccc2c(c1)sc1c(-c3ccc(-n4c5ccccc5c5c6ccc7ccc8sc9ccccc9c8c7c6ccc54)cc3)cccc12. The zero-order valence-corrected chi connectivity index (χ0v) is 26.8. The Morgan fingerprint density at radius 3 is 1.91 bits per heavy atom. The summed E-state index contributed by atoms with van der Waals surface area (Å²) in [7, 11) is 0. The smallest absolute Gasteiger partial charge is 0.0547 e. The first-order valence-corrected chi connectivity index (χ1v) is 17.6. The van der Waals surface area contributed by atoms with Gasteiger partial charge in [-0.1, -0.05) is 109 Å². The number of rotatable bonds is 2. The quantitative estimate of drug-likeness (QED) is 0.167. The van der Waals surface area contributed by atoms with E-state index < -0.39 is 0 Å². The van der Waals surface area contributed by atoms with Crippen LogP contribution in [0.5, 0.6) is 0 Å². The highest BCUT2D eigenvalue weighted by atomic mass is 32.1. The molecule has 11 rings (SSSR count). The van der Waals surface area contributed by atoms with Gasteiger partial charge in [0.1, 0.15) is 0 Å². The summed E-state index contributed by atoms with van der Waals surface area (Å²) in [4.78, 5) is 0. The van der Waals surface area contributed by atoms with Crippen LogP contribution in [0.1, 0.15) is 0 Å². The molecule has 3 heteroatoms. The van der Waals surface area contributed by atoms with Crippen molar-refractivity contribution in [1.82, 2.24) is 4.57 Å². The first-order valence-electron chi connectivity index (χ1n) is 16.0. The van der Waals surface area contributed by atoms with Crippen molar-refractivity contribution in [3.05, 3.63) is 152 Å². The minimum Gasteiger partial charge on any atom is -0.309 e. The molecule has 0 saturated carbocycles. The fourth-order valence-corrected chi connectivity index (χ4v) is 10.3. The van der Waals surface area contributed by atoms with Crippen LogP contribution in [0.3, 0.4) is 0 Å². The average Bonchev–Trinajstić information content (AvgIpc) is 3.81. The van der Waals surface area contributed by atoms with Crippen molar-refractivity contribution in [2.75, 3.05) is 0 Å². The molecule has 0 radical (unpaired) electrons. The van der Waals surface area contributed by atoms with Gasteiger partial charge in [0.25, 0.3) is 0 Å². The molecule has 3 aromatic heterocycles. The van der Waals surface area contributed by atoms with E-state index >= 15 is 0 Å². The molecule has 218 valence electrons. The molecule has 8 aromatic carbocycles. The molecule has 47 heavy (non-hydrogen) atoms. The van der Waals surface area contributed by atoms with Crippen molar-refractivity contribution in [2.24, 2.45) is 0 Å². The first-order chi connectivity index (χ1) is 23.3. The molecule has 0 atom stereocenters. The Hall–Kier alpha value is -5.48. The largest absolute Gasteiger partial charge is 0.309 e. The normalized spacial score (nSPS) is 12.3. The van der Waals surface area contributed by atoms with Crippen LogP contribution in [0, 0.1) is 0 Å². The van der Waals surface area contributed by atoms with Gasteiger partial charge in [-0.3, -0.25) is 0 Å². The number of hydrogen-bond donors (Lipinski definition) is 0. The lowest BCUT2D eigenvalue weighted by Gasteiger charge is -2.11. The van der Waals surface area contributed by atoms with Crippen LogP contribution < -0.4 is 0 Å². The monoisotopic (exact) mass is 631 g/mol. The van der Waals surface area contributed by atoms with Gasteiger partial charge < -0.3 is 4.57 Å². The van der Waals surface area contributed by atoms with Crippen LogP contribution in [-0.2, 0) is 0 Å². The van der Waals surface area contributed by atoms with Crippen LogP contribution in [0.4, 0.5) is 0 Å². The second kappa shape index (κ2) is 9.52. The van der Waals surface area contributed by atoms with Crippen molar-refractivity contribution in [1.29, 1.82) is 0 Å². The Kier molecular flexibility index (Phi) is 5.20. The lowest BCUT2D eigenvalue weighted by molar-refractivity contribution is 1.18. The molecule has 1 nitrogen and oxygen atoms in total. The summed E-state index contributed by atoms with van der Waals surface area (Å²) < 4.78 is 7.82. The van der Waals surface area contributed by atoms with E-state index in [1.807, 2.05) is 22.7 Å². The van der Waals surface area contributed by atoms with E-state index in [1.165, 1.54) is 101 Å². The third-order valence-corrected chi connectivity index (χ3v) is 12.3. The lowest BCUT2D eigenvalue weighted by atomic mass is 9.95. The number of hydrogen-bond acceptors (Lipinski definition) is 2. The van der Waals surface area contributed by atoms with Crippen LogP contribution in [-0.4, -0.2) is 4.57 Å². The van der Waals surface area contributed by atoms with Gasteiger partial charge in [-0.2, -0.15) is 0 Å².